The summed E-state index contributed by atoms with van der Waals surface area (Å²) in [7, 11) is -3.33. The number of carbonyl (C=O) groups is 1. The normalized spacial score (nSPS) is 12.8. The highest BCUT2D eigenvalue weighted by Crippen LogP contribution is 2.22. The van der Waals surface area contributed by atoms with Crippen molar-refractivity contribution in [1.82, 2.24) is 9.72 Å². The number of aryl methyl sites for hydroxylation is 1. The maximum Gasteiger partial charge on any atom is 0.318 e. The zero-order valence-corrected chi connectivity index (χ0v) is 16.8. The first-order chi connectivity index (χ1) is 12.8. The number of hydrogen-bond donors (Lipinski definition) is 0. The Morgan fingerprint density at radius 1 is 1.37 bits per heavy atom. The third-order valence-corrected chi connectivity index (χ3v) is 5.93. The molecule has 27 heavy (non-hydrogen) atoms. The standard InChI is InChI=1S/C17H19N3O5S2/c1-4-24-8-7-20-13-6-5-12(27(3,22)23)10-15(13)26-17(20)18-16(21)14-9-11(2)19-25-14/h5-6,9-10H,4,7-8H2,1-3H3. The number of nitrogens with zero attached hydrogens (tertiary/aromatic N) is 3. The minimum Gasteiger partial charge on any atom is -0.380 e. The molecule has 0 N–H and O–H groups in total. The third-order valence-electron chi connectivity index (χ3n) is 3.78. The Labute approximate surface area is 160 Å². The first-order valence-electron chi connectivity index (χ1n) is 8.23. The molecule has 0 saturated carbocycles. The Morgan fingerprint density at radius 2 is 2.15 bits per heavy atom. The van der Waals surface area contributed by atoms with Gasteiger partial charge in [-0.2, -0.15) is 4.99 Å². The van der Waals surface area contributed by atoms with Gasteiger partial charge < -0.3 is 13.8 Å². The predicted molar refractivity (Wildman–Crippen MR) is 101 cm³/mol. The van der Waals surface area contributed by atoms with Crippen LogP contribution in [0.1, 0.15) is 23.2 Å². The van der Waals surface area contributed by atoms with E-state index >= 15 is 0 Å². The van der Waals surface area contributed by atoms with Crippen molar-refractivity contribution in [1.29, 1.82) is 0 Å². The maximum atomic E-state index is 12.4. The SMILES string of the molecule is CCOCCn1c(=NC(=O)c2cc(C)no2)sc2cc(S(C)(=O)=O)ccc21. The van der Waals surface area contributed by atoms with Crippen molar-refractivity contribution in [3.63, 3.8) is 0 Å². The minimum atomic E-state index is -3.33. The number of ether oxygens (including phenoxy) is 1. The van der Waals surface area contributed by atoms with Crippen molar-refractivity contribution in [2.24, 2.45) is 4.99 Å². The van der Waals surface area contributed by atoms with Crippen molar-refractivity contribution >= 4 is 37.3 Å². The molecule has 0 aliphatic carbocycles. The molecule has 144 valence electrons. The van der Waals surface area contributed by atoms with Gasteiger partial charge in [0.2, 0.25) is 5.76 Å². The van der Waals surface area contributed by atoms with Gasteiger partial charge in [0, 0.05) is 25.5 Å². The van der Waals surface area contributed by atoms with Gasteiger partial charge in [-0.3, -0.25) is 4.79 Å². The van der Waals surface area contributed by atoms with Gasteiger partial charge in [-0.05, 0) is 32.0 Å². The van der Waals surface area contributed by atoms with Crippen LogP contribution in [0.4, 0.5) is 0 Å². The summed E-state index contributed by atoms with van der Waals surface area (Å²) in [5, 5.41) is 3.70. The van der Waals surface area contributed by atoms with E-state index in [-0.39, 0.29) is 10.7 Å². The number of aromatic nitrogens is 2. The van der Waals surface area contributed by atoms with Gasteiger partial charge in [0.25, 0.3) is 0 Å². The fourth-order valence-corrected chi connectivity index (χ4v) is 4.31. The molecule has 0 radical (unpaired) electrons. The molecule has 0 unspecified atom stereocenters. The molecule has 10 heteroatoms. The lowest BCUT2D eigenvalue weighted by atomic mass is 10.3. The van der Waals surface area contributed by atoms with Crippen LogP contribution in [0.2, 0.25) is 0 Å². The first kappa shape index (κ1) is 19.5. The first-order valence-corrected chi connectivity index (χ1v) is 10.9. The molecule has 1 amide bonds. The summed E-state index contributed by atoms with van der Waals surface area (Å²) in [6, 6.07) is 6.38. The summed E-state index contributed by atoms with van der Waals surface area (Å²) in [4.78, 5) is 17.2. The molecule has 1 aromatic carbocycles. The van der Waals surface area contributed by atoms with Crippen LogP contribution >= 0.6 is 11.3 Å². The molecule has 0 aliphatic heterocycles. The number of fused-ring (bicyclic) bond motifs is 1. The lowest BCUT2D eigenvalue weighted by Gasteiger charge is -2.05. The Balaban J connectivity index is 2.12. The second-order valence-electron chi connectivity index (χ2n) is 5.88. The summed E-state index contributed by atoms with van der Waals surface area (Å²) < 4.78 is 36.6. The van der Waals surface area contributed by atoms with Gasteiger partial charge in [-0.15, -0.1) is 0 Å². The van der Waals surface area contributed by atoms with Gasteiger partial charge in [0.1, 0.15) is 0 Å². The van der Waals surface area contributed by atoms with E-state index in [1.807, 2.05) is 11.5 Å². The highest BCUT2D eigenvalue weighted by atomic mass is 32.2. The Kier molecular flexibility index (Phi) is 5.59. The third kappa shape index (κ3) is 4.34. The van der Waals surface area contributed by atoms with E-state index in [1.54, 1.807) is 25.1 Å². The van der Waals surface area contributed by atoms with E-state index in [0.29, 0.717) is 30.3 Å². The molecule has 0 atom stereocenters. The Bertz CT molecular complexity index is 1150. The van der Waals surface area contributed by atoms with Crippen molar-refractivity contribution in [3.8, 4) is 0 Å². The zero-order valence-electron chi connectivity index (χ0n) is 15.1. The summed E-state index contributed by atoms with van der Waals surface area (Å²) >= 11 is 1.24. The quantitative estimate of drug-likeness (QED) is 0.578. The highest BCUT2D eigenvalue weighted by molar-refractivity contribution is 7.90. The van der Waals surface area contributed by atoms with Gasteiger partial charge in [-0.1, -0.05) is 16.5 Å². The summed E-state index contributed by atoms with van der Waals surface area (Å²) in [5.41, 5.74) is 1.37. The average Bonchev–Trinajstić information content (AvgIpc) is 3.18. The highest BCUT2D eigenvalue weighted by Gasteiger charge is 2.15. The van der Waals surface area contributed by atoms with E-state index in [9.17, 15) is 13.2 Å². The van der Waals surface area contributed by atoms with Crippen molar-refractivity contribution in [2.75, 3.05) is 19.5 Å². The lowest BCUT2D eigenvalue weighted by molar-refractivity contribution is 0.0961. The van der Waals surface area contributed by atoms with Crippen LogP contribution < -0.4 is 4.80 Å². The number of rotatable bonds is 6. The molecule has 0 spiro atoms. The predicted octanol–water partition coefficient (Wildman–Crippen LogP) is 2.18. The number of hydrogen-bond acceptors (Lipinski definition) is 7. The van der Waals surface area contributed by atoms with Crippen LogP contribution in [0.5, 0.6) is 0 Å². The number of thiazole rings is 1. The molecule has 2 heterocycles. The molecule has 0 saturated heterocycles. The van der Waals surface area contributed by atoms with Crippen LogP contribution in [-0.4, -0.2) is 43.5 Å². The van der Waals surface area contributed by atoms with Crippen molar-refractivity contribution in [3.05, 3.63) is 40.5 Å². The van der Waals surface area contributed by atoms with Crippen LogP contribution in [0.15, 0.2) is 38.7 Å². The van der Waals surface area contributed by atoms with E-state index in [2.05, 4.69) is 10.1 Å². The molecule has 3 aromatic rings. The van der Waals surface area contributed by atoms with Gasteiger partial charge in [-0.25, -0.2) is 8.42 Å². The smallest absolute Gasteiger partial charge is 0.318 e. The van der Waals surface area contributed by atoms with Crippen LogP contribution in [0.3, 0.4) is 0 Å². The Hall–Kier alpha value is -2.30. The second kappa shape index (κ2) is 7.75. The molecular formula is C17H19N3O5S2. The van der Waals surface area contributed by atoms with E-state index in [0.717, 1.165) is 16.5 Å². The molecule has 0 fully saturated rings. The Morgan fingerprint density at radius 3 is 2.78 bits per heavy atom. The molecule has 3 rings (SSSR count). The number of sulfone groups is 1. The lowest BCUT2D eigenvalue weighted by Crippen LogP contribution is -2.19. The van der Waals surface area contributed by atoms with Crippen molar-refractivity contribution < 1.29 is 22.5 Å². The molecule has 0 bridgehead atoms. The number of amides is 1. The van der Waals surface area contributed by atoms with E-state index in [4.69, 9.17) is 9.26 Å². The van der Waals surface area contributed by atoms with Gasteiger partial charge >= 0.3 is 5.91 Å². The topological polar surface area (TPSA) is 104 Å². The molecule has 0 aliphatic rings. The summed E-state index contributed by atoms with van der Waals surface area (Å²) in [5.74, 6) is -0.492. The minimum absolute atomic E-state index is 0.0538. The zero-order chi connectivity index (χ0) is 19.6. The van der Waals surface area contributed by atoms with Gasteiger partial charge in [0.05, 0.1) is 27.4 Å². The molecular weight excluding hydrogens is 390 g/mol. The van der Waals surface area contributed by atoms with E-state index in [1.165, 1.54) is 17.4 Å². The largest absolute Gasteiger partial charge is 0.380 e. The van der Waals surface area contributed by atoms with Gasteiger partial charge in [0.15, 0.2) is 14.6 Å². The second-order valence-corrected chi connectivity index (χ2v) is 8.91. The van der Waals surface area contributed by atoms with E-state index < -0.39 is 15.7 Å². The molecule has 2 aromatic heterocycles. The number of benzene rings is 1. The summed E-state index contributed by atoms with van der Waals surface area (Å²) in [6.45, 7) is 5.11. The van der Waals surface area contributed by atoms with Crippen LogP contribution in [0.25, 0.3) is 10.2 Å². The maximum absolute atomic E-state index is 12.4. The van der Waals surface area contributed by atoms with Crippen LogP contribution in [-0.2, 0) is 21.1 Å². The van der Waals surface area contributed by atoms with Crippen molar-refractivity contribution in [2.45, 2.75) is 25.3 Å². The fraction of sp³-hybridized carbons (Fsp3) is 0.353. The molecule has 8 nitrogen and oxygen atoms in total. The average molecular weight is 409 g/mol. The monoisotopic (exact) mass is 409 g/mol. The fourth-order valence-electron chi connectivity index (χ4n) is 2.49. The number of carbonyl (C=O) groups excluding carboxylic acids is 1. The van der Waals surface area contributed by atoms with Crippen LogP contribution in [0, 0.1) is 6.92 Å². The summed E-state index contributed by atoms with van der Waals surface area (Å²) in [6.07, 6.45) is 1.16.